The lowest BCUT2D eigenvalue weighted by molar-refractivity contribution is -0.122. The molecule has 1 aliphatic carbocycles. The summed E-state index contributed by atoms with van der Waals surface area (Å²) in [4.78, 5) is 12.1. The van der Waals surface area contributed by atoms with Crippen molar-refractivity contribution in [3.8, 4) is 0 Å². The number of hydrogen-bond acceptors (Lipinski definition) is 1. The molecule has 94 valence electrons. The Balaban J connectivity index is 2.09. The smallest absolute Gasteiger partial charge is 0.220 e. The third kappa shape index (κ3) is 5.88. The van der Waals surface area contributed by atoms with Gasteiger partial charge in [-0.05, 0) is 25.7 Å². The fourth-order valence-electron chi connectivity index (χ4n) is 2.53. The Labute approximate surface area is 108 Å². The molecule has 1 aliphatic rings. The van der Waals surface area contributed by atoms with E-state index in [1.54, 1.807) is 0 Å². The Morgan fingerprint density at radius 2 is 2.00 bits per heavy atom. The summed E-state index contributed by atoms with van der Waals surface area (Å²) in [6.07, 6.45) is 8.19. The number of nitrogens with one attached hydrogen (secondary N) is 1. The van der Waals surface area contributed by atoms with E-state index in [1.807, 2.05) is 0 Å². The lowest BCUT2D eigenvalue weighted by atomic mass is 10.0. The van der Waals surface area contributed by atoms with Crippen LogP contribution >= 0.6 is 15.9 Å². The molecule has 0 aliphatic heterocycles. The quantitative estimate of drug-likeness (QED) is 0.744. The fourth-order valence-corrected chi connectivity index (χ4v) is 3.09. The maximum Gasteiger partial charge on any atom is 0.220 e. The molecule has 0 aromatic rings. The molecule has 0 saturated heterocycles. The van der Waals surface area contributed by atoms with Gasteiger partial charge < -0.3 is 5.32 Å². The third-order valence-electron chi connectivity index (χ3n) is 3.34. The number of carbonyl (C=O) groups is 1. The van der Waals surface area contributed by atoms with Crippen LogP contribution < -0.4 is 5.32 Å². The lowest BCUT2D eigenvalue weighted by Gasteiger charge is -2.16. The predicted octanol–water partition coefficient (Wildman–Crippen LogP) is 3.64. The first kappa shape index (κ1) is 14.0. The van der Waals surface area contributed by atoms with E-state index < -0.39 is 0 Å². The Hall–Kier alpha value is -0.0500. The molecule has 1 fully saturated rings. The number of carbonyl (C=O) groups excluding carboxylic acids is 1. The Morgan fingerprint density at radius 1 is 1.38 bits per heavy atom. The summed E-state index contributed by atoms with van der Waals surface area (Å²) in [5.74, 6) is 1.05. The van der Waals surface area contributed by atoms with Crippen molar-refractivity contribution in [2.24, 2.45) is 5.92 Å². The van der Waals surface area contributed by atoms with Crippen molar-refractivity contribution in [3.05, 3.63) is 0 Å². The van der Waals surface area contributed by atoms with Gasteiger partial charge in [-0.15, -0.1) is 0 Å². The van der Waals surface area contributed by atoms with Crippen molar-refractivity contribution in [2.75, 3.05) is 0 Å². The summed E-state index contributed by atoms with van der Waals surface area (Å²) < 4.78 is 0. The molecule has 1 amide bonds. The minimum atomic E-state index is 0.229. The van der Waals surface area contributed by atoms with Gasteiger partial charge in [0.2, 0.25) is 5.91 Å². The van der Waals surface area contributed by atoms with Crippen molar-refractivity contribution in [1.29, 1.82) is 0 Å². The number of halogens is 1. The van der Waals surface area contributed by atoms with E-state index >= 15 is 0 Å². The molecule has 0 aromatic heterocycles. The summed E-state index contributed by atoms with van der Waals surface area (Å²) in [5, 5.41) is 3.07. The zero-order valence-corrected chi connectivity index (χ0v) is 12.1. The minimum absolute atomic E-state index is 0.229. The molecule has 2 unspecified atom stereocenters. The lowest BCUT2D eigenvalue weighted by Crippen LogP contribution is -2.33. The van der Waals surface area contributed by atoms with Crippen molar-refractivity contribution < 1.29 is 4.79 Å². The van der Waals surface area contributed by atoms with Gasteiger partial charge in [0.1, 0.15) is 0 Å². The molecule has 1 N–H and O–H groups in total. The second-order valence-electron chi connectivity index (χ2n) is 5.17. The highest BCUT2D eigenvalue weighted by atomic mass is 79.9. The molecule has 0 bridgehead atoms. The molecular formula is C13H24BrNO. The van der Waals surface area contributed by atoms with E-state index in [-0.39, 0.29) is 11.9 Å². The minimum Gasteiger partial charge on any atom is -0.354 e. The van der Waals surface area contributed by atoms with Gasteiger partial charge in [0.15, 0.2) is 0 Å². The molecule has 3 heteroatoms. The van der Waals surface area contributed by atoms with Gasteiger partial charge in [0.25, 0.3) is 0 Å². The van der Waals surface area contributed by atoms with Gasteiger partial charge in [-0.25, -0.2) is 0 Å². The van der Waals surface area contributed by atoms with E-state index in [2.05, 4.69) is 35.1 Å². The van der Waals surface area contributed by atoms with Gasteiger partial charge >= 0.3 is 0 Å². The van der Waals surface area contributed by atoms with Crippen molar-refractivity contribution in [1.82, 2.24) is 5.32 Å². The maximum atomic E-state index is 11.7. The Bertz CT molecular complexity index is 212. The fraction of sp³-hybridized carbons (Fsp3) is 0.923. The molecule has 0 spiro atoms. The standard InChI is InChI=1S/C13H24BrNO/c1-10(14)9-11(2)15-13(16)8-7-12-5-3-4-6-12/h10-12H,3-9H2,1-2H3,(H,15,16). The topological polar surface area (TPSA) is 29.1 Å². The maximum absolute atomic E-state index is 11.7. The molecule has 0 aromatic carbocycles. The molecular weight excluding hydrogens is 266 g/mol. The summed E-state index contributed by atoms with van der Waals surface area (Å²) in [7, 11) is 0. The molecule has 0 radical (unpaired) electrons. The zero-order valence-electron chi connectivity index (χ0n) is 10.5. The van der Waals surface area contributed by atoms with E-state index in [1.165, 1.54) is 25.7 Å². The SMILES string of the molecule is CC(Br)CC(C)NC(=O)CCC1CCCC1. The molecule has 2 atom stereocenters. The average molecular weight is 290 g/mol. The number of amides is 1. The predicted molar refractivity (Wildman–Crippen MR) is 71.8 cm³/mol. The van der Waals surface area contributed by atoms with Crippen LogP contribution in [0.3, 0.4) is 0 Å². The van der Waals surface area contributed by atoms with Crippen molar-refractivity contribution in [3.63, 3.8) is 0 Å². The van der Waals surface area contributed by atoms with Gasteiger partial charge in [-0.1, -0.05) is 48.5 Å². The van der Waals surface area contributed by atoms with Gasteiger partial charge in [-0.2, -0.15) is 0 Å². The number of hydrogen-bond donors (Lipinski definition) is 1. The summed E-state index contributed by atoms with van der Waals surface area (Å²) in [6, 6.07) is 0.283. The van der Waals surface area contributed by atoms with E-state index in [9.17, 15) is 4.79 Å². The van der Waals surface area contributed by atoms with Crippen LogP contribution in [0.4, 0.5) is 0 Å². The normalized spacial score (nSPS) is 20.7. The molecule has 2 nitrogen and oxygen atoms in total. The first-order valence-corrected chi connectivity index (χ1v) is 7.43. The monoisotopic (exact) mass is 289 g/mol. The van der Waals surface area contributed by atoms with Crippen LogP contribution in [0.5, 0.6) is 0 Å². The number of rotatable bonds is 6. The second-order valence-corrected chi connectivity index (χ2v) is 6.74. The van der Waals surface area contributed by atoms with Crippen LogP contribution in [0.15, 0.2) is 0 Å². The van der Waals surface area contributed by atoms with Crippen LogP contribution in [0.25, 0.3) is 0 Å². The summed E-state index contributed by atoms with van der Waals surface area (Å²) in [5.41, 5.74) is 0. The molecule has 16 heavy (non-hydrogen) atoms. The van der Waals surface area contributed by atoms with Gasteiger partial charge in [0.05, 0.1) is 0 Å². The highest BCUT2D eigenvalue weighted by molar-refractivity contribution is 9.09. The van der Waals surface area contributed by atoms with Crippen molar-refractivity contribution in [2.45, 2.75) is 69.7 Å². The summed E-state index contributed by atoms with van der Waals surface area (Å²) >= 11 is 3.51. The Kier molecular flexibility index (Phi) is 6.40. The van der Waals surface area contributed by atoms with Crippen LogP contribution in [-0.2, 0) is 4.79 Å². The highest BCUT2D eigenvalue weighted by Crippen LogP contribution is 2.28. The van der Waals surface area contributed by atoms with Crippen LogP contribution in [0.1, 0.15) is 58.8 Å². The number of alkyl halides is 1. The summed E-state index contributed by atoms with van der Waals surface area (Å²) in [6.45, 7) is 4.19. The average Bonchev–Trinajstić information content (AvgIpc) is 2.65. The van der Waals surface area contributed by atoms with Gasteiger partial charge in [-0.3, -0.25) is 4.79 Å². The van der Waals surface area contributed by atoms with E-state index in [4.69, 9.17) is 0 Å². The van der Waals surface area contributed by atoms with E-state index in [0.29, 0.717) is 11.2 Å². The third-order valence-corrected chi connectivity index (χ3v) is 3.71. The zero-order chi connectivity index (χ0) is 12.0. The van der Waals surface area contributed by atoms with Crippen LogP contribution in [0, 0.1) is 5.92 Å². The first-order valence-electron chi connectivity index (χ1n) is 6.51. The van der Waals surface area contributed by atoms with E-state index in [0.717, 1.165) is 18.8 Å². The first-order chi connectivity index (χ1) is 7.58. The highest BCUT2D eigenvalue weighted by Gasteiger charge is 2.17. The second kappa shape index (κ2) is 7.31. The molecule has 0 heterocycles. The largest absolute Gasteiger partial charge is 0.354 e. The van der Waals surface area contributed by atoms with Gasteiger partial charge in [0, 0.05) is 17.3 Å². The molecule has 1 rings (SSSR count). The van der Waals surface area contributed by atoms with Crippen molar-refractivity contribution >= 4 is 21.8 Å². The Morgan fingerprint density at radius 3 is 2.56 bits per heavy atom. The molecule has 1 saturated carbocycles. The van der Waals surface area contributed by atoms with Crippen LogP contribution in [-0.4, -0.2) is 16.8 Å². The van der Waals surface area contributed by atoms with Crippen LogP contribution in [0.2, 0.25) is 0 Å².